The number of hydrogen-bond donors (Lipinski definition) is 1. The molecule has 80 valence electrons. The molecule has 1 fully saturated rings. The Hall–Kier alpha value is -1.70. The maximum absolute atomic E-state index is 8.61. The minimum atomic E-state index is 0.520. The molecule has 0 unspecified atom stereocenters. The zero-order valence-corrected chi connectivity index (χ0v) is 8.85. The topological polar surface area (TPSA) is 70.9 Å². The van der Waals surface area contributed by atoms with Crippen LogP contribution in [0.3, 0.4) is 0 Å². The van der Waals surface area contributed by atoms with Gasteiger partial charge in [0.2, 0.25) is 0 Å². The van der Waals surface area contributed by atoms with Crippen LogP contribution in [0.5, 0.6) is 0 Å². The van der Waals surface area contributed by atoms with Gasteiger partial charge >= 0.3 is 0 Å². The van der Waals surface area contributed by atoms with Crippen LogP contribution in [0.25, 0.3) is 0 Å². The number of nitrogen functional groups attached to an aromatic ring is 1. The maximum atomic E-state index is 8.61. The molecule has 0 aliphatic heterocycles. The second kappa shape index (κ2) is 3.81. The van der Waals surface area contributed by atoms with E-state index in [2.05, 4.69) is 16.1 Å². The van der Waals surface area contributed by atoms with Gasteiger partial charge in [-0.1, -0.05) is 0 Å². The average molecular weight is 205 g/mol. The summed E-state index contributed by atoms with van der Waals surface area (Å²) < 4.78 is 1.71. The Morgan fingerprint density at radius 3 is 2.93 bits per heavy atom. The van der Waals surface area contributed by atoms with Gasteiger partial charge in [0.15, 0.2) is 5.82 Å². The first-order valence-electron chi connectivity index (χ1n) is 5.15. The first-order valence-corrected chi connectivity index (χ1v) is 5.15. The molecule has 0 saturated heterocycles. The molecule has 1 heterocycles. The standard InChI is InChI=1S/C10H15N5/c1-14-7-9(12)10(13-14)15(6-2-5-11)8-3-4-8/h7-8H,2-4,6,12H2,1H3. The first kappa shape index (κ1) is 9.84. The van der Waals surface area contributed by atoms with Crippen molar-refractivity contribution < 1.29 is 0 Å². The first-order chi connectivity index (χ1) is 7.22. The molecule has 0 radical (unpaired) electrons. The van der Waals surface area contributed by atoms with E-state index >= 15 is 0 Å². The number of rotatable bonds is 4. The fourth-order valence-corrected chi connectivity index (χ4v) is 1.74. The van der Waals surface area contributed by atoms with E-state index in [1.54, 1.807) is 10.9 Å². The number of aromatic nitrogens is 2. The Bertz CT molecular complexity index is 385. The van der Waals surface area contributed by atoms with E-state index in [1.807, 2.05) is 7.05 Å². The Balaban J connectivity index is 2.16. The molecule has 0 amide bonds. The lowest BCUT2D eigenvalue weighted by atomic mass is 10.3. The lowest BCUT2D eigenvalue weighted by Crippen LogP contribution is -2.27. The summed E-state index contributed by atoms with van der Waals surface area (Å²) in [7, 11) is 1.86. The third kappa shape index (κ3) is 2.04. The van der Waals surface area contributed by atoms with Gasteiger partial charge in [-0.3, -0.25) is 4.68 Å². The summed E-state index contributed by atoms with van der Waals surface area (Å²) in [5, 5.41) is 12.9. The van der Waals surface area contributed by atoms with E-state index in [1.165, 1.54) is 12.8 Å². The molecular formula is C10H15N5. The number of aryl methyl sites for hydroxylation is 1. The molecule has 2 N–H and O–H groups in total. The summed E-state index contributed by atoms with van der Waals surface area (Å²) in [4.78, 5) is 2.15. The Kier molecular flexibility index (Phi) is 2.50. The Morgan fingerprint density at radius 2 is 2.47 bits per heavy atom. The van der Waals surface area contributed by atoms with Crippen LogP contribution in [0.15, 0.2) is 6.20 Å². The summed E-state index contributed by atoms with van der Waals surface area (Å²) in [5.74, 6) is 0.829. The second-order valence-corrected chi connectivity index (χ2v) is 3.91. The van der Waals surface area contributed by atoms with E-state index in [4.69, 9.17) is 11.0 Å². The van der Waals surface area contributed by atoms with Crippen molar-refractivity contribution in [2.45, 2.75) is 25.3 Å². The molecule has 15 heavy (non-hydrogen) atoms. The molecule has 2 rings (SSSR count). The van der Waals surface area contributed by atoms with Gasteiger partial charge in [-0.2, -0.15) is 10.4 Å². The van der Waals surface area contributed by atoms with Crippen molar-refractivity contribution in [2.75, 3.05) is 17.2 Å². The van der Waals surface area contributed by atoms with Crippen molar-refractivity contribution in [1.82, 2.24) is 9.78 Å². The van der Waals surface area contributed by atoms with Crippen LogP contribution < -0.4 is 10.6 Å². The molecule has 5 nitrogen and oxygen atoms in total. The number of nitrogens with two attached hydrogens (primary N) is 1. The van der Waals surface area contributed by atoms with Crippen molar-refractivity contribution in [3.05, 3.63) is 6.20 Å². The Labute approximate surface area is 89.1 Å². The second-order valence-electron chi connectivity index (χ2n) is 3.91. The van der Waals surface area contributed by atoms with Crippen LogP contribution in [0, 0.1) is 11.3 Å². The third-order valence-electron chi connectivity index (χ3n) is 2.56. The quantitative estimate of drug-likeness (QED) is 0.792. The van der Waals surface area contributed by atoms with Gasteiger partial charge in [-0.25, -0.2) is 0 Å². The fourth-order valence-electron chi connectivity index (χ4n) is 1.74. The molecule has 1 aromatic heterocycles. The average Bonchev–Trinajstić information content (AvgIpc) is 2.95. The highest BCUT2D eigenvalue weighted by Crippen LogP contribution is 2.33. The van der Waals surface area contributed by atoms with Crippen molar-refractivity contribution >= 4 is 11.5 Å². The predicted molar refractivity (Wildman–Crippen MR) is 58.2 cm³/mol. The summed E-state index contributed by atoms with van der Waals surface area (Å²) >= 11 is 0. The monoisotopic (exact) mass is 205 g/mol. The largest absolute Gasteiger partial charge is 0.394 e. The molecule has 1 saturated carbocycles. The van der Waals surface area contributed by atoms with Gasteiger partial charge in [-0.15, -0.1) is 0 Å². The van der Waals surface area contributed by atoms with E-state index in [0.717, 1.165) is 12.4 Å². The highest BCUT2D eigenvalue weighted by molar-refractivity contribution is 5.62. The van der Waals surface area contributed by atoms with Crippen molar-refractivity contribution in [3.63, 3.8) is 0 Å². The van der Waals surface area contributed by atoms with Crippen LogP contribution in [0.2, 0.25) is 0 Å². The number of hydrogen-bond acceptors (Lipinski definition) is 4. The van der Waals surface area contributed by atoms with Crippen molar-refractivity contribution in [3.8, 4) is 6.07 Å². The smallest absolute Gasteiger partial charge is 0.174 e. The van der Waals surface area contributed by atoms with Crippen LogP contribution in [0.4, 0.5) is 11.5 Å². The molecule has 0 bridgehead atoms. The fraction of sp³-hybridized carbons (Fsp3) is 0.600. The van der Waals surface area contributed by atoms with E-state index in [9.17, 15) is 0 Å². The SMILES string of the molecule is Cn1cc(N)c(N(CCC#N)C2CC2)n1. The third-order valence-corrected chi connectivity index (χ3v) is 2.56. The lowest BCUT2D eigenvalue weighted by molar-refractivity contribution is 0.724. The van der Waals surface area contributed by atoms with Crippen molar-refractivity contribution in [2.24, 2.45) is 7.05 Å². The van der Waals surface area contributed by atoms with Crippen molar-refractivity contribution in [1.29, 1.82) is 5.26 Å². The van der Waals surface area contributed by atoms with E-state index in [0.29, 0.717) is 18.2 Å². The summed E-state index contributed by atoms with van der Waals surface area (Å²) in [6, 6.07) is 2.70. The summed E-state index contributed by atoms with van der Waals surface area (Å²) in [6.07, 6.45) is 4.69. The van der Waals surface area contributed by atoms with Gasteiger partial charge in [0.25, 0.3) is 0 Å². The van der Waals surface area contributed by atoms with Gasteiger partial charge in [0.05, 0.1) is 18.2 Å². The minimum Gasteiger partial charge on any atom is -0.394 e. The van der Waals surface area contributed by atoms with Crippen LogP contribution in [-0.2, 0) is 7.05 Å². The van der Waals surface area contributed by atoms with Crippen LogP contribution >= 0.6 is 0 Å². The van der Waals surface area contributed by atoms with Gasteiger partial charge in [0.1, 0.15) is 0 Å². The molecule has 0 spiro atoms. The predicted octanol–water partition coefficient (Wildman–Crippen LogP) is 0.885. The van der Waals surface area contributed by atoms with E-state index in [-0.39, 0.29) is 0 Å². The van der Waals surface area contributed by atoms with Gasteiger partial charge in [-0.05, 0) is 12.8 Å². The molecule has 0 aromatic carbocycles. The molecular weight excluding hydrogens is 190 g/mol. The van der Waals surface area contributed by atoms with Gasteiger partial charge in [0, 0.05) is 25.8 Å². The van der Waals surface area contributed by atoms with Crippen LogP contribution in [-0.4, -0.2) is 22.4 Å². The molecule has 0 atom stereocenters. The molecule has 1 aliphatic rings. The minimum absolute atomic E-state index is 0.520. The molecule has 1 aliphatic carbocycles. The summed E-state index contributed by atoms with van der Waals surface area (Å²) in [5.41, 5.74) is 6.57. The maximum Gasteiger partial charge on any atom is 0.174 e. The molecule has 1 aromatic rings. The normalized spacial score (nSPS) is 14.9. The highest BCUT2D eigenvalue weighted by Gasteiger charge is 2.31. The number of nitrogens with zero attached hydrogens (tertiary/aromatic N) is 4. The highest BCUT2D eigenvalue weighted by atomic mass is 15.4. The molecule has 5 heteroatoms. The summed E-state index contributed by atoms with van der Waals surface area (Å²) in [6.45, 7) is 0.725. The zero-order chi connectivity index (χ0) is 10.8. The lowest BCUT2D eigenvalue weighted by Gasteiger charge is -2.21. The number of nitriles is 1. The Morgan fingerprint density at radius 1 is 1.73 bits per heavy atom. The number of anilines is 2. The van der Waals surface area contributed by atoms with Gasteiger partial charge < -0.3 is 10.6 Å². The van der Waals surface area contributed by atoms with E-state index < -0.39 is 0 Å². The van der Waals surface area contributed by atoms with Crippen LogP contribution in [0.1, 0.15) is 19.3 Å². The zero-order valence-electron chi connectivity index (χ0n) is 8.85.